The number of nitrogens with zero attached hydrogens (tertiary/aromatic N) is 2. The lowest BCUT2D eigenvalue weighted by Gasteiger charge is -2.31. The van der Waals surface area contributed by atoms with Crippen molar-refractivity contribution < 1.29 is 4.74 Å². The van der Waals surface area contributed by atoms with E-state index in [1.807, 2.05) is 0 Å². The molecular weight excluding hydrogens is 264 g/mol. The zero-order valence-corrected chi connectivity index (χ0v) is 13.3. The summed E-state index contributed by atoms with van der Waals surface area (Å²) in [7, 11) is 4.32. The fourth-order valence-corrected chi connectivity index (χ4v) is 5.31. The van der Waals surface area contributed by atoms with Gasteiger partial charge in [-0.1, -0.05) is 0 Å². The van der Waals surface area contributed by atoms with Crippen LogP contribution < -0.4 is 0 Å². The molecule has 0 bridgehead atoms. The second-order valence-corrected chi connectivity index (χ2v) is 7.80. The van der Waals surface area contributed by atoms with Crippen LogP contribution in [0.1, 0.15) is 0 Å². The Labute approximate surface area is 120 Å². The Morgan fingerprint density at radius 3 is 2.61 bits per heavy atom. The summed E-state index contributed by atoms with van der Waals surface area (Å²) in [5, 5.41) is 0. The van der Waals surface area contributed by atoms with Crippen molar-refractivity contribution in [1.82, 2.24) is 9.80 Å². The molecule has 5 heteroatoms. The smallest absolute Gasteiger partial charge is 0.0593 e. The number of hydrogen-bond acceptors (Lipinski definition) is 5. The molecule has 2 saturated heterocycles. The number of rotatable bonds is 3. The van der Waals surface area contributed by atoms with Gasteiger partial charge in [0.1, 0.15) is 0 Å². The molecule has 0 N–H and O–H groups in total. The van der Waals surface area contributed by atoms with Gasteiger partial charge in [-0.15, -0.1) is 0 Å². The number of hydrogen-bond donors (Lipinski definition) is 0. The summed E-state index contributed by atoms with van der Waals surface area (Å²) >= 11 is 4.25. The van der Waals surface area contributed by atoms with Crippen LogP contribution in [0.15, 0.2) is 0 Å². The van der Waals surface area contributed by atoms with Crippen molar-refractivity contribution in [3.8, 4) is 0 Å². The highest BCUT2D eigenvalue weighted by Crippen LogP contribution is 2.22. The average Bonchev–Trinajstić information content (AvgIpc) is 2.70. The van der Waals surface area contributed by atoms with E-state index in [0.29, 0.717) is 5.92 Å². The molecule has 1 atom stereocenters. The van der Waals surface area contributed by atoms with Crippen molar-refractivity contribution in [3.05, 3.63) is 0 Å². The monoisotopic (exact) mass is 290 g/mol. The van der Waals surface area contributed by atoms with E-state index in [2.05, 4.69) is 47.4 Å². The van der Waals surface area contributed by atoms with Gasteiger partial charge in [0, 0.05) is 54.6 Å². The molecule has 18 heavy (non-hydrogen) atoms. The molecule has 0 aromatic heterocycles. The summed E-state index contributed by atoms with van der Waals surface area (Å²) in [5.41, 5.74) is 0. The van der Waals surface area contributed by atoms with Crippen molar-refractivity contribution in [3.63, 3.8) is 0 Å². The van der Waals surface area contributed by atoms with Crippen LogP contribution in [-0.2, 0) is 4.74 Å². The van der Waals surface area contributed by atoms with E-state index in [4.69, 9.17) is 4.74 Å². The van der Waals surface area contributed by atoms with E-state index in [9.17, 15) is 0 Å². The summed E-state index contributed by atoms with van der Waals surface area (Å²) in [4.78, 5) is 4.97. The van der Waals surface area contributed by atoms with E-state index in [1.54, 1.807) is 0 Å². The summed E-state index contributed by atoms with van der Waals surface area (Å²) in [6, 6.07) is 0.758. The Morgan fingerprint density at radius 1 is 1.22 bits per heavy atom. The molecule has 2 heterocycles. The van der Waals surface area contributed by atoms with Crippen molar-refractivity contribution in [2.45, 2.75) is 6.04 Å². The number of ether oxygens (including phenoxy) is 1. The van der Waals surface area contributed by atoms with E-state index in [1.165, 1.54) is 29.6 Å². The first-order valence-corrected chi connectivity index (χ1v) is 9.18. The maximum atomic E-state index is 5.78. The molecule has 0 unspecified atom stereocenters. The van der Waals surface area contributed by atoms with Crippen LogP contribution in [0.3, 0.4) is 0 Å². The van der Waals surface area contributed by atoms with Gasteiger partial charge in [-0.2, -0.15) is 23.5 Å². The van der Waals surface area contributed by atoms with Gasteiger partial charge < -0.3 is 9.64 Å². The first-order chi connectivity index (χ1) is 8.75. The van der Waals surface area contributed by atoms with Crippen LogP contribution in [0.25, 0.3) is 0 Å². The average molecular weight is 290 g/mol. The Balaban J connectivity index is 1.88. The van der Waals surface area contributed by atoms with Crippen LogP contribution in [0, 0.1) is 5.92 Å². The summed E-state index contributed by atoms with van der Waals surface area (Å²) in [5.74, 6) is 5.93. The molecule has 3 nitrogen and oxygen atoms in total. The molecule has 106 valence electrons. The molecule has 2 aliphatic heterocycles. The standard InChI is InChI=1S/C13H26N2OS2/c1-14(2)7-12-8-15(3-4-16-9-12)13-10-17-5-6-18-11-13/h12-13H,3-11H2,1-2H3/t12-/m0/s1. The maximum absolute atomic E-state index is 5.78. The van der Waals surface area contributed by atoms with Crippen molar-refractivity contribution >= 4 is 23.5 Å². The lowest BCUT2D eigenvalue weighted by Crippen LogP contribution is -2.43. The zero-order chi connectivity index (χ0) is 12.8. The molecule has 2 rings (SSSR count). The Kier molecular flexibility index (Phi) is 6.66. The molecule has 0 aliphatic carbocycles. The van der Waals surface area contributed by atoms with Crippen molar-refractivity contribution in [1.29, 1.82) is 0 Å². The van der Waals surface area contributed by atoms with E-state index >= 15 is 0 Å². The second-order valence-electron chi connectivity index (χ2n) is 5.50. The number of thioether (sulfide) groups is 2. The minimum atomic E-state index is 0.667. The molecule has 0 amide bonds. The fourth-order valence-electron chi connectivity index (χ4n) is 2.68. The third kappa shape index (κ3) is 4.93. The van der Waals surface area contributed by atoms with Gasteiger partial charge in [0.25, 0.3) is 0 Å². The Morgan fingerprint density at radius 2 is 1.94 bits per heavy atom. The highest BCUT2D eigenvalue weighted by molar-refractivity contribution is 8.03. The predicted octanol–water partition coefficient (Wildman–Crippen LogP) is 1.35. The van der Waals surface area contributed by atoms with Gasteiger partial charge in [0.2, 0.25) is 0 Å². The minimum absolute atomic E-state index is 0.667. The Bertz CT molecular complexity index is 233. The molecular formula is C13H26N2OS2. The summed E-state index contributed by atoms with van der Waals surface area (Å²) in [6.07, 6.45) is 0. The van der Waals surface area contributed by atoms with Crippen LogP contribution in [0.4, 0.5) is 0 Å². The minimum Gasteiger partial charge on any atom is -0.380 e. The molecule has 0 aromatic carbocycles. The van der Waals surface area contributed by atoms with Gasteiger partial charge >= 0.3 is 0 Å². The quantitative estimate of drug-likeness (QED) is 0.777. The lowest BCUT2D eigenvalue weighted by atomic mass is 10.1. The second kappa shape index (κ2) is 8.00. The highest BCUT2D eigenvalue weighted by Gasteiger charge is 2.26. The topological polar surface area (TPSA) is 15.7 Å². The first kappa shape index (κ1) is 15.0. The molecule has 2 aliphatic rings. The van der Waals surface area contributed by atoms with Crippen LogP contribution in [0.2, 0.25) is 0 Å². The highest BCUT2D eigenvalue weighted by atomic mass is 32.2. The normalized spacial score (nSPS) is 29.2. The lowest BCUT2D eigenvalue weighted by molar-refractivity contribution is 0.112. The van der Waals surface area contributed by atoms with Gasteiger partial charge in [-0.3, -0.25) is 4.90 Å². The third-order valence-corrected chi connectivity index (χ3v) is 5.99. The largest absolute Gasteiger partial charge is 0.380 e. The van der Waals surface area contributed by atoms with Crippen molar-refractivity contribution in [2.24, 2.45) is 5.92 Å². The Hall–Kier alpha value is 0.580. The summed E-state index contributed by atoms with van der Waals surface area (Å²) < 4.78 is 5.78. The van der Waals surface area contributed by atoms with Gasteiger partial charge in [0.15, 0.2) is 0 Å². The molecule has 0 spiro atoms. The van der Waals surface area contributed by atoms with Crippen LogP contribution in [-0.4, -0.2) is 85.8 Å². The van der Waals surface area contributed by atoms with Gasteiger partial charge in [-0.05, 0) is 14.1 Å². The molecule has 0 radical (unpaired) electrons. The van der Waals surface area contributed by atoms with Crippen molar-refractivity contribution in [2.75, 3.05) is 70.0 Å². The third-order valence-electron chi connectivity index (χ3n) is 3.50. The molecule has 0 aromatic rings. The molecule has 2 fully saturated rings. The van der Waals surface area contributed by atoms with Gasteiger partial charge in [-0.25, -0.2) is 0 Å². The fraction of sp³-hybridized carbons (Fsp3) is 1.00. The zero-order valence-electron chi connectivity index (χ0n) is 11.6. The van der Waals surface area contributed by atoms with E-state index in [0.717, 1.165) is 32.3 Å². The molecule has 0 saturated carbocycles. The van der Waals surface area contributed by atoms with Gasteiger partial charge in [0.05, 0.1) is 13.2 Å². The predicted molar refractivity (Wildman–Crippen MR) is 82.9 cm³/mol. The van der Waals surface area contributed by atoms with E-state index < -0.39 is 0 Å². The first-order valence-electron chi connectivity index (χ1n) is 6.87. The SMILES string of the molecule is CN(C)C[C@@H]1COCCN(C2CSCCSC2)C1. The van der Waals surface area contributed by atoms with E-state index in [-0.39, 0.29) is 0 Å². The summed E-state index contributed by atoms with van der Waals surface area (Å²) in [6.45, 7) is 5.32. The maximum Gasteiger partial charge on any atom is 0.0593 e. The van der Waals surface area contributed by atoms with Crippen LogP contribution in [0.5, 0.6) is 0 Å². The van der Waals surface area contributed by atoms with Crippen LogP contribution >= 0.6 is 23.5 Å².